The lowest BCUT2D eigenvalue weighted by atomic mass is 9.91. The topological polar surface area (TPSA) is 78.4 Å². The molecule has 1 aliphatic heterocycles. The van der Waals surface area contributed by atoms with E-state index in [0.29, 0.717) is 17.7 Å². The molecule has 1 N–H and O–H groups in total. The molecule has 1 atom stereocenters. The van der Waals surface area contributed by atoms with Crippen LogP contribution in [0.3, 0.4) is 0 Å². The summed E-state index contributed by atoms with van der Waals surface area (Å²) in [6, 6.07) is 22.8. The van der Waals surface area contributed by atoms with Crippen LogP contribution in [0.15, 0.2) is 88.9 Å². The van der Waals surface area contributed by atoms with Crippen LogP contribution in [0.4, 0.5) is 0 Å². The van der Waals surface area contributed by atoms with Gasteiger partial charge in [0.05, 0.1) is 17.0 Å². The van der Waals surface area contributed by atoms with Crippen molar-refractivity contribution in [2.24, 2.45) is 5.10 Å². The standard InChI is InChI=1S/C25H20N4O2/c1-16(30)29-22(20-13-7-8-14-26-20)15-21(28-29)24-23(17-9-3-2-4-10-17)18-11-5-6-12-19(18)27-25(24)31/h2-14,22H,15H2,1H3,(H,27,31). The van der Waals surface area contributed by atoms with E-state index in [2.05, 4.69) is 15.1 Å². The van der Waals surface area contributed by atoms with Gasteiger partial charge in [0.2, 0.25) is 5.91 Å². The van der Waals surface area contributed by atoms with E-state index in [-0.39, 0.29) is 17.5 Å². The van der Waals surface area contributed by atoms with Crippen LogP contribution < -0.4 is 5.56 Å². The van der Waals surface area contributed by atoms with Crippen LogP contribution in [-0.2, 0) is 4.79 Å². The van der Waals surface area contributed by atoms with Crippen molar-refractivity contribution in [2.75, 3.05) is 0 Å². The lowest BCUT2D eigenvalue weighted by molar-refractivity contribution is -0.130. The fraction of sp³-hybridized carbons (Fsp3) is 0.120. The number of benzene rings is 2. The number of hydrazone groups is 1. The maximum Gasteiger partial charge on any atom is 0.258 e. The second kappa shape index (κ2) is 7.65. The molecule has 6 nitrogen and oxygen atoms in total. The second-order valence-electron chi connectivity index (χ2n) is 7.50. The Bertz CT molecular complexity index is 1360. The molecule has 0 saturated heterocycles. The Balaban J connectivity index is 1.74. The third kappa shape index (κ3) is 3.32. The summed E-state index contributed by atoms with van der Waals surface area (Å²) in [5.74, 6) is -0.191. The largest absolute Gasteiger partial charge is 0.321 e. The summed E-state index contributed by atoms with van der Waals surface area (Å²) in [4.78, 5) is 33.1. The van der Waals surface area contributed by atoms with Crippen molar-refractivity contribution in [2.45, 2.75) is 19.4 Å². The molecule has 31 heavy (non-hydrogen) atoms. The van der Waals surface area contributed by atoms with Crippen LogP contribution >= 0.6 is 0 Å². The van der Waals surface area contributed by atoms with Gasteiger partial charge in [-0.05, 0) is 23.8 Å². The molecule has 0 bridgehead atoms. The molecule has 1 amide bonds. The summed E-state index contributed by atoms with van der Waals surface area (Å²) < 4.78 is 0. The second-order valence-corrected chi connectivity index (χ2v) is 7.50. The molecule has 2 aromatic carbocycles. The average Bonchev–Trinajstić information content (AvgIpc) is 3.25. The van der Waals surface area contributed by atoms with Crippen LogP contribution in [-0.4, -0.2) is 26.6 Å². The highest BCUT2D eigenvalue weighted by Crippen LogP contribution is 2.36. The van der Waals surface area contributed by atoms with E-state index in [1.54, 1.807) is 6.20 Å². The summed E-state index contributed by atoms with van der Waals surface area (Å²) in [5.41, 5.74) is 4.11. The molecule has 1 unspecified atom stereocenters. The van der Waals surface area contributed by atoms with Gasteiger partial charge in [-0.3, -0.25) is 14.6 Å². The highest BCUT2D eigenvalue weighted by atomic mass is 16.2. The number of aromatic amines is 1. The van der Waals surface area contributed by atoms with E-state index >= 15 is 0 Å². The molecule has 0 aliphatic carbocycles. The lowest BCUT2D eigenvalue weighted by Crippen LogP contribution is -2.24. The number of amides is 1. The predicted octanol–water partition coefficient (Wildman–Crippen LogP) is 4.29. The monoisotopic (exact) mass is 408 g/mol. The van der Waals surface area contributed by atoms with Gasteiger partial charge < -0.3 is 4.98 Å². The number of hydrogen-bond acceptors (Lipinski definition) is 4. The van der Waals surface area contributed by atoms with Crippen molar-refractivity contribution in [3.8, 4) is 11.1 Å². The first-order valence-electron chi connectivity index (χ1n) is 10.1. The number of aromatic nitrogens is 2. The molecule has 2 aromatic heterocycles. The molecule has 1 aliphatic rings. The summed E-state index contributed by atoms with van der Waals surface area (Å²) in [6.07, 6.45) is 2.11. The van der Waals surface area contributed by atoms with Crippen molar-refractivity contribution in [1.29, 1.82) is 0 Å². The van der Waals surface area contributed by atoms with Crippen LogP contribution in [0.2, 0.25) is 0 Å². The van der Waals surface area contributed by atoms with Gasteiger partial charge in [0.25, 0.3) is 5.56 Å². The van der Waals surface area contributed by atoms with E-state index in [4.69, 9.17) is 0 Å². The number of H-pyrrole nitrogens is 1. The molecular formula is C25H20N4O2. The number of pyridine rings is 2. The van der Waals surface area contributed by atoms with Crippen LogP contribution in [0, 0.1) is 0 Å². The number of rotatable bonds is 3. The number of para-hydroxylation sites is 1. The zero-order chi connectivity index (χ0) is 21.4. The average molecular weight is 408 g/mol. The Kier molecular flexibility index (Phi) is 4.67. The number of hydrogen-bond donors (Lipinski definition) is 1. The Morgan fingerprint density at radius 3 is 2.45 bits per heavy atom. The molecule has 0 saturated carbocycles. The number of fused-ring (bicyclic) bond motifs is 1. The number of carbonyl (C=O) groups is 1. The Morgan fingerprint density at radius 2 is 1.71 bits per heavy atom. The van der Waals surface area contributed by atoms with Crippen LogP contribution in [0.5, 0.6) is 0 Å². The van der Waals surface area contributed by atoms with Gasteiger partial charge in [0.1, 0.15) is 6.04 Å². The van der Waals surface area contributed by atoms with E-state index in [1.807, 2.05) is 72.8 Å². The number of carbonyl (C=O) groups excluding carboxylic acids is 1. The Morgan fingerprint density at radius 1 is 0.968 bits per heavy atom. The van der Waals surface area contributed by atoms with E-state index in [1.165, 1.54) is 11.9 Å². The Labute approximate surface area is 178 Å². The van der Waals surface area contributed by atoms with Crippen molar-refractivity contribution in [3.63, 3.8) is 0 Å². The molecule has 3 heterocycles. The molecule has 0 radical (unpaired) electrons. The first kappa shape index (κ1) is 18.9. The van der Waals surface area contributed by atoms with E-state index in [9.17, 15) is 9.59 Å². The van der Waals surface area contributed by atoms with Gasteiger partial charge in [-0.25, -0.2) is 5.01 Å². The third-order valence-electron chi connectivity index (χ3n) is 5.53. The van der Waals surface area contributed by atoms with E-state index in [0.717, 1.165) is 27.7 Å². The van der Waals surface area contributed by atoms with Crippen molar-refractivity contribution in [1.82, 2.24) is 15.0 Å². The van der Waals surface area contributed by atoms with Crippen molar-refractivity contribution < 1.29 is 4.79 Å². The highest BCUT2D eigenvalue weighted by molar-refractivity contribution is 6.12. The molecule has 152 valence electrons. The molecule has 5 rings (SSSR count). The maximum absolute atomic E-state index is 13.3. The normalized spacial score (nSPS) is 15.8. The fourth-order valence-corrected chi connectivity index (χ4v) is 4.18. The molecule has 6 heteroatoms. The minimum atomic E-state index is -0.344. The van der Waals surface area contributed by atoms with Crippen LogP contribution in [0.25, 0.3) is 22.0 Å². The molecule has 0 spiro atoms. The highest BCUT2D eigenvalue weighted by Gasteiger charge is 2.34. The molecule has 0 fully saturated rings. The van der Waals surface area contributed by atoms with Gasteiger partial charge >= 0.3 is 0 Å². The maximum atomic E-state index is 13.3. The quantitative estimate of drug-likeness (QED) is 0.549. The first-order valence-corrected chi connectivity index (χ1v) is 10.1. The zero-order valence-corrected chi connectivity index (χ0v) is 16.9. The zero-order valence-electron chi connectivity index (χ0n) is 16.9. The fourth-order valence-electron chi connectivity index (χ4n) is 4.18. The van der Waals surface area contributed by atoms with Crippen molar-refractivity contribution in [3.05, 3.63) is 101 Å². The van der Waals surface area contributed by atoms with Gasteiger partial charge in [-0.1, -0.05) is 54.6 Å². The van der Waals surface area contributed by atoms with Gasteiger partial charge in [-0.2, -0.15) is 5.10 Å². The van der Waals surface area contributed by atoms with Crippen LogP contribution in [0.1, 0.15) is 30.6 Å². The summed E-state index contributed by atoms with van der Waals surface area (Å²) in [5, 5.41) is 6.97. The van der Waals surface area contributed by atoms with Gasteiger partial charge in [0, 0.05) is 36.0 Å². The van der Waals surface area contributed by atoms with Gasteiger partial charge in [-0.15, -0.1) is 0 Å². The third-order valence-corrected chi connectivity index (χ3v) is 5.53. The summed E-state index contributed by atoms with van der Waals surface area (Å²) in [7, 11) is 0. The minimum absolute atomic E-state index is 0.191. The Hall–Kier alpha value is -4.06. The van der Waals surface area contributed by atoms with E-state index < -0.39 is 0 Å². The van der Waals surface area contributed by atoms with Gasteiger partial charge in [0.15, 0.2) is 0 Å². The molecule has 4 aromatic rings. The molecular weight excluding hydrogens is 388 g/mol. The summed E-state index contributed by atoms with van der Waals surface area (Å²) >= 11 is 0. The smallest absolute Gasteiger partial charge is 0.258 e. The SMILES string of the molecule is CC(=O)N1N=C(c2c(-c3ccccc3)c3ccccc3[nH]c2=O)CC1c1ccccn1. The predicted molar refractivity (Wildman–Crippen MR) is 121 cm³/mol. The number of nitrogens with zero attached hydrogens (tertiary/aromatic N) is 3. The first-order chi connectivity index (χ1) is 15.1. The number of nitrogens with one attached hydrogen (secondary N) is 1. The van der Waals surface area contributed by atoms with Crippen molar-refractivity contribution >= 4 is 22.5 Å². The lowest BCUT2D eigenvalue weighted by Gasteiger charge is -2.19. The summed E-state index contributed by atoms with van der Waals surface area (Å²) in [6.45, 7) is 1.48. The minimum Gasteiger partial charge on any atom is -0.321 e.